The second-order valence-electron chi connectivity index (χ2n) is 10.3. The average Bonchev–Trinajstić information content (AvgIpc) is 3.02. The molecule has 2 aromatic carbocycles. The zero-order chi connectivity index (χ0) is 29.1. The van der Waals surface area contributed by atoms with E-state index in [1.165, 1.54) is 99.3 Å². The number of ether oxygens (including phenoxy) is 1. The SMILES string of the molecule is CC.CNc1ccc(CCCC=O)cc1.COCCCCCCCCCc1ccc(CCC2=CCCC=C2)cc1. The lowest BCUT2D eigenvalue weighted by atomic mass is 9.98. The molecule has 0 bridgehead atoms. The first-order chi connectivity index (χ1) is 19.7. The molecule has 1 aliphatic carbocycles. The standard InChI is InChI=1S/C24H36O.C11H15NO.C2H6/c1-25-21-11-6-4-2-3-5-8-14-23-16-19-24(20-17-23)18-15-22-12-9-7-10-13-22;1-12-11-7-5-10(6-8-11)4-2-3-9-13;1-2/h9,12-13,16-17,19-20H,2-8,10-11,14-15,18,21H2,1H3;5-9,12H,2-4H2,1H3;1-2H3. The highest BCUT2D eigenvalue weighted by Crippen LogP contribution is 2.17. The van der Waals surface area contributed by atoms with E-state index in [1.807, 2.05) is 20.9 Å². The van der Waals surface area contributed by atoms with Gasteiger partial charge in [0.15, 0.2) is 0 Å². The zero-order valence-corrected chi connectivity index (χ0v) is 26.1. The van der Waals surface area contributed by atoms with Crippen LogP contribution in [0.3, 0.4) is 0 Å². The van der Waals surface area contributed by atoms with E-state index in [2.05, 4.69) is 72.1 Å². The molecule has 0 heterocycles. The summed E-state index contributed by atoms with van der Waals surface area (Å²) in [6.07, 6.45) is 26.0. The van der Waals surface area contributed by atoms with E-state index < -0.39 is 0 Å². The maximum atomic E-state index is 10.1. The van der Waals surface area contributed by atoms with Crippen molar-refractivity contribution in [3.8, 4) is 0 Å². The average molecular weight is 548 g/mol. The van der Waals surface area contributed by atoms with E-state index >= 15 is 0 Å². The van der Waals surface area contributed by atoms with Gasteiger partial charge in [0.2, 0.25) is 0 Å². The van der Waals surface area contributed by atoms with Crippen molar-refractivity contribution < 1.29 is 9.53 Å². The second-order valence-corrected chi connectivity index (χ2v) is 10.3. The number of benzene rings is 2. The summed E-state index contributed by atoms with van der Waals surface area (Å²) >= 11 is 0. The molecule has 0 saturated heterocycles. The molecule has 0 atom stereocenters. The first kappa shape index (κ1) is 35.4. The Balaban J connectivity index is 0.000000448. The van der Waals surface area contributed by atoms with Gasteiger partial charge in [-0.15, -0.1) is 0 Å². The van der Waals surface area contributed by atoms with Gasteiger partial charge in [-0.05, 0) is 86.6 Å². The molecule has 0 saturated carbocycles. The number of rotatable bonds is 18. The normalized spacial score (nSPS) is 11.9. The molecule has 0 radical (unpaired) electrons. The van der Waals surface area contributed by atoms with Crippen LogP contribution in [-0.4, -0.2) is 27.1 Å². The lowest BCUT2D eigenvalue weighted by molar-refractivity contribution is -0.107. The number of allylic oxidation sites excluding steroid dienone is 4. The third kappa shape index (κ3) is 17.8. The molecule has 2 aromatic rings. The van der Waals surface area contributed by atoms with Crippen LogP contribution in [0, 0.1) is 0 Å². The Hall–Kier alpha value is -2.65. The van der Waals surface area contributed by atoms with Crippen LogP contribution in [0.25, 0.3) is 0 Å². The van der Waals surface area contributed by atoms with Gasteiger partial charge < -0.3 is 14.8 Å². The fraction of sp³-hybridized carbons (Fsp3) is 0.541. The van der Waals surface area contributed by atoms with E-state index in [-0.39, 0.29) is 0 Å². The van der Waals surface area contributed by atoms with Gasteiger partial charge in [0, 0.05) is 32.9 Å². The predicted molar refractivity (Wildman–Crippen MR) is 175 cm³/mol. The number of nitrogens with one attached hydrogen (secondary N) is 1. The van der Waals surface area contributed by atoms with Gasteiger partial charge in [-0.25, -0.2) is 0 Å². The maximum absolute atomic E-state index is 10.1. The molecule has 222 valence electrons. The molecule has 3 rings (SSSR count). The van der Waals surface area contributed by atoms with Crippen LogP contribution in [0.4, 0.5) is 5.69 Å². The largest absolute Gasteiger partial charge is 0.388 e. The monoisotopic (exact) mass is 547 g/mol. The van der Waals surface area contributed by atoms with E-state index in [9.17, 15) is 4.79 Å². The number of carbonyl (C=O) groups excluding carboxylic acids is 1. The van der Waals surface area contributed by atoms with E-state index in [0.717, 1.165) is 31.4 Å². The van der Waals surface area contributed by atoms with Crippen LogP contribution in [0.15, 0.2) is 72.3 Å². The second kappa shape index (κ2) is 25.3. The van der Waals surface area contributed by atoms with Crippen molar-refractivity contribution in [1.29, 1.82) is 0 Å². The number of methoxy groups -OCH3 is 1. The first-order valence-electron chi connectivity index (χ1n) is 15.9. The number of hydrogen-bond donors (Lipinski definition) is 1. The topological polar surface area (TPSA) is 38.3 Å². The molecule has 40 heavy (non-hydrogen) atoms. The molecular weight excluding hydrogens is 490 g/mol. The molecule has 1 aliphatic rings. The van der Waals surface area contributed by atoms with Crippen molar-refractivity contribution in [3.63, 3.8) is 0 Å². The highest BCUT2D eigenvalue weighted by Gasteiger charge is 2.00. The number of unbranched alkanes of at least 4 members (excludes halogenated alkanes) is 7. The minimum absolute atomic E-state index is 0.660. The molecule has 0 fully saturated rings. The summed E-state index contributed by atoms with van der Waals surface area (Å²) in [7, 11) is 3.69. The van der Waals surface area contributed by atoms with Crippen LogP contribution in [0.1, 0.15) is 108 Å². The highest BCUT2D eigenvalue weighted by molar-refractivity contribution is 5.49. The van der Waals surface area contributed by atoms with Gasteiger partial charge in [-0.3, -0.25) is 0 Å². The zero-order valence-electron chi connectivity index (χ0n) is 26.1. The summed E-state index contributed by atoms with van der Waals surface area (Å²) in [4.78, 5) is 10.1. The predicted octanol–water partition coefficient (Wildman–Crippen LogP) is 10.1. The number of aldehydes is 1. The molecule has 3 nitrogen and oxygen atoms in total. The quantitative estimate of drug-likeness (QED) is 0.149. The number of anilines is 1. The lowest BCUT2D eigenvalue weighted by Crippen LogP contribution is -1.92. The summed E-state index contributed by atoms with van der Waals surface area (Å²) in [6, 6.07) is 17.6. The van der Waals surface area contributed by atoms with Crippen molar-refractivity contribution in [3.05, 3.63) is 89.0 Å². The fourth-order valence-electron chi connectivity index (χ4n) is 4.70. The summed E-state index contributed by atoms with van der Waals surface area (Å²) in [5.74, 6) is 0. The molecule has 3 heteroatoms. The Labute approximate surface area is 246 Å². The fourth-order valence-corrected chi connectivity index (χ4v) is 4.70. The molecule has 0 aliphatic heterocycles. The van der Waals surface area contributed by atoms with E-state index in [0.29, 0.717) is 6.42 Å². The van der Waals surface area contributed by atoms with Gasteiger partial charge in [-0.1, -0.05) is 106 Å². The van der Waals surface area contributed by atoms with Crippen LogP contribution in [-0.2, 0) is 28.8 Å². The van der Waals surface area contributed by atoms with Crippen molar-refractivity contribution in [1.82, 2.24) is 0 Å². The lowest BCUT2D eigenvalue weighted by Gasteiger charge is -2.08. The minimum Gasteiger partial charge on any atom is -0.388 e. The molecule has 0 spiro atoms. The summed E-state index contributed by atoms with van der Waals surface area (Å²) in [5, 5.41) is 3.07. The Morgan fingerprint density at radius 3 is 1.80 bits per heavy atom. The Morgan fingerprint density at radius 2 is 1.25 bits per heavy atom. The first-order valence-corrected chi connectivity index (χ1v) is 15.9. The summed E-state index contributed by atoms with van der Waals surface area (Å²) in [5.41, 5.74) is 6.90. The molecule has 0 aromatic heterocycles. The maximum Gasteiger partial charge on any atom is 0.120 e. The van der Waals surface area contributed by atoms with E-state index in [4.69, 9.17) is 4.74 Å². The number of aryl methyl sites for hydroxylation is 3. The van der Waals surface area contributed by atoms with Crippen LogP contribution >= 0.6 is 0 Å². The Kier molecular flexibility index (Phi) is 22.4. The van der Waals surface area contributed by atoms with Gasteiger partial charge in [0.25, 0.3) is 0 Å². The Morgan fingerprint density at radius 1 is 0.700 bits per heavy atom. The molecule has 0 unspecified atom stereocenters. The summed E-state index contributed by atoms with van der Waals surface area (Å²) < 4.78 is 5.08. The van der Waals surface area contributed by atoms with Crippen molar-refractivity contribution >= 4 is 12.0 Å². The van der Waals surface area contributed by atoms with Crippen LogP contribution in [0.2, 0.25) is 0 Å². The van der Waals surface area contributed by atoms with Gasteiger partial charge in [0.05, 0.1) is 0 Å². The van der Waals surface area contributed by atoms with Crippen LogP contribution < -0.4 is 5.32 Å². The van der Waals surface area contributed by atoms with Crippen molar-refractivity contribution in [2.24, 2.45) is 0 Å². The number of carbonyl (C=O) groups is 1. The highest BCUT2D eigenvalue weighted by atomic mass is 16.5. The van der Waals surface area contributed by atoms with Crippen molar-refractivity contribution in [2.45, 2.75) is 110 Å². The smallest absolute Gasteiger partial charge is 0.120 e. The third-order valence-electron chi connectivity index (χ3n) is 7.14. The van der Waals surface area contributed by atoms with Crippen LogP contribution in [0.5, 0.6) is 0 Å². The van der Waals surface area contributed by atoms with E-state index in [1.54, 1.807) is 7.11 Å². The van der Waals surface area contributed by atoms with Gasteiger partial charge >= 0.3 is 0 Å². The molecule has 0 amide bonds. The Bertz CT molecular complexity index is 912. The van der Waals surface area contributed by atoms with Crippen molar-refractivity contribution in [2.75, 3.05) is 26.1 Å². The van der Waals surface area contributed by atoms with Gasteiger partial charge in [-0.2, -0.15) is 0 Å². The summed E-state index contributed by atoms with van der Waals surface area (Å²) in [6.45, 7) is 4.92. The third-order valence-corrected chi connectivity index (χ3v) is 7.14. The van der Waals surface area contributed by atoms with Gasteiger partial charge in [0.1, 0.15) is 6.29 Å². The molecular formula is C37H57NO2. The molecule has 1 N–H and O–H groups in total. The number of hydrogen-bond acceptors (Lipinski definition) is 3. The minimum atomic E-state index is 0.660.